The number of aliphatic hydroxyl groups is 2. The van der Waals surface area contributed by atoms with Crippen LogP contribution >= 0.6 is 0 Å². The molecule has 2 aliphatic rings. The smallest absolute Gasteiger partial charge is 0.309 e. The number of hydrogen-bond acceptors (Lipinski definition) is 8. The van der Waals surface area contributed by atoms with Gasteiger partial charge in [-0.15, -0.1) is 0 Å². The summed E-state index contributed by atoms with van der Waals surface area (Å²) in [6, 6.07) is 6.82. The van der Waals surface area contributed by atoms with Gasteiger partial charge in [0.2, 0.25) is 5.60 Å². The molecule has 0 radical (unpaired) electrons. The molecule has 0 bridgehead atoms. The first-order valence-corrected chi connectivity index (χ1v) is 9.32. The molecule has 0 spiro atoms. The lowest BCUT2D eigenvalue weighted by Crippen LogP contribution is -2.41. The van der Waals surface area contributed by atoms with E-state index in [1.54, 1.807) is 18.2 Å². The number of ether oxygens (including phenoxy) is 2. The fourth-order valence-corrected chi connectivity index (χ4v) is 4.08. The molecule has 1 saturated carbocycles. The molecule has 1 aliphatic carbocycles. The minimum Gasteiger partial charge on any atom is -0.463 e. The summed E-state index contributed by atoms with van der Waals surface area (Å²) < 4.78 is 12.5. The van der Waals surface area contributed by atoms with Crippen LogP contribution in [0.1, 0.15) is 31.4 Å². The standard InChI is InChI=1S/C19H22N4O5/c20-10-19(15-6-5-13-12(21)7-8-22-23(13)15)17(25)16(24)14(28-19)9-27-18(26)11-3-1-2-4-11/h5-8,11,14,16-17,24-25H,1-4,9,21H2/t14-,16-,17-,19+/m1/s1. The molecule has 4 atom stereocenters. The van der Waals surface area contributed by atoms with Crippen LogP contribution in [0.2, 0.25) is 0 Å². The molecule has 9 heteroatoms. The number of hydrogen-bond donors (Lipinski definition) is 3. The molecule has 148 valence electrons. The number of anilines is 1. The van der Waals surface area contributed by atoms with Crippen LogP contribution in [0.4, 0.5) is 5.69 Å². The fourth-order valence-electron chi connectivity index (χ4n) is 4.08. The van der Waals surface area contributed by atoms with E-state index in [0.29, 0.717) is 11.2 Å². The second-order valence-electron chi connectivity index (χ2n) is 7.35. The maximum atomic E-state index is 12.1. The van der Waals surface area contributed by atoms with Crippen LogP contribution < -0.4 is 5.73 Å². The minimum atomic E-state index is -1.86. The van der Waals surface area contributed by atoms with Crippen LogP contribution in [0.15, 0.2) is 24.4 Å². The third-order valence-corrected chi connectivity index (χ3v) is 5.67. The average molecular weight is 386 g/mol. The highest BCUT2D eigenvalue weighted by Gasteiger charge is 2.57. The molecule has 0 aromatic carbocycles. The number of fused-ring (bicyclic) bond motifs is 1. The number of rotatable bonds is 4. The molecule has 2 aromatic heterocycles. The Morgan fingerprint density at radius 2 is 2.14 bits per heavy atom. The van der Waals surface area contributed by atoms with Crippen LogP contribution in [-0.4, -0.2) is 50.7 Å². The average Bonchev–Trinajstić information content (AvgIpc) is 3.42. The number of carbonyl (C=O) groups is 1. The number of nitrogen functional groups attached to an aromatic ring is 1. The maximum absolute atomic E-state index is 12.1. The van der Waals surface area contributed by atoms with Crippen molar-refractivity contribution in [2.45, 2.75) is 49.6 Å². The summed E-state index contributed by atoms with van der Waals surface area (Å²) in [5, 5.41) is 35.1. The first-order valence-electron chi connectivity index (χ1n) is 9.32. The lowest BCUT2D eigenvalue weighted by atomic mass is 9.92. The van der Waals surface area contributed by atoms with Crippen molar-refractivity contribution in [1.82, 2.24) is 9.61 Å². The molecule has 0 unspecified atom stereocenters. The van der Waals surface area contributed by atoms with Gasteiger partial charge in [0.25, 0.3) is 0 Å². The van der Waals surface area contributed by atoms with E-state index in [2.05, 4.69) is 5.10 Å². The van der Waals surface area contributed by atoms with E-state index in [1.807, 2.05) is 6.07 Å². The van der Waals surface area contributed by atoms with Crippen LogP contribution in [0, 0.1) is 17.2 Å². The van der Waals surface area contributed by atoms with Gasteiger partial charge in [-0.1, -0.05) is 12.8 Å². The van der Waals surface area contributed by atoms with Gasteiger partial charge in [0.15, 0.2) is 0 Å². The molecule has 3 heterocycles. The second-order valence-corrected chi connectivity index (χ2v) is 7.35. The fraction of sp³-hybridized carbons (Fsp3) is 0.526. The Morgan fingerprint density at radius 3 is 2.86 bits per heavy atom. The predicted octanol–water partition coefficient (Wildman–Crippen LogP) is 0.489. The zero-order valence-corrected chi connectivity index (χ0v) is 15.2. The van der Waals surface area contributed by atoms with Crippen molar-refractivity contribution in [2.75, 3.05) is 12.3 Å². The van der Waals surface area contributed by atoms with Crippen LogP contribution in [0.3, 0.4) is 0 Å². The highest BCUT2D eigenvalue weighted by atomic mass is 16.6. The number of nitrogens with zero attached hydrogens (tertiary/aromatic N) is 3. The Labute approximate surface area is 161 Å². The normalized spacial score (nSPS) is 30.5. The van der Waals surface area contributed by atoms with Gasteiger partial charge in [0, 0.05) is 6.20 Å². The topological polar surface area (TPSA) is 143 Å². The quantitative estimate of drug-likeness (QED) is 0.644. The van der Waals surface area contributed by atoms with Gasteiger partial charge in [-0.2, -0.15) is 10.4 Å². The van der Waals surface area contributed by atoms with E-state index in [4.69, 9.17) is 15.2 Å². The molecule has 28 heavy (non-hydrogen) atoms. The highest BCUT2D eigenvalue weighted by Crippen LogP contribution is 2.40. The molecular weight excluding hydrogens is 364 g/mol. The van der Waals surface area contributed by atoms with Gasteiger partial charge >= 0.3 is 5.97 Å². The summed E-state index contributed by atoms with van der Waals surface area (Å²) in [4.78, 5) is 12.1. The number of aliphatic hydroxyl groups excluding tert-OH is 2. The number of esters is 1. The molecule has 2 aromatic rings. The number of nitrogens with two attached hydrogens (primary N) is 1. The summed E-state index contributed by atoms with van der Waals surface area (Å²) in [6.07, 6.45) is 1.06. The summed E-state index contributed by atoms with van der Waals surface area (Å²) in [5.74, 6) is -0.467. The van der Waals surface area contributed by atoms with Crippen LogP contribution in [0.25, 0.3) is 5.52 Å². The molecule has 1 saturated heterocycles. The van der Waals surface area contributed by atoms with Crippen molar-refractivity contribution in [3.8, 4) is 6.07 Å². The van der Waals surface area contributed by atoms with Crippen LogP contribution in [-0.2, 0) is 19.9 Å². The Kier molecular flexibility index (Phi) is 4.71. The number of nitriles is 1. The van der Waals surface area contributed by atoms with Gasteiger partial charge in [-0.3, -0.25) is 4.79 Å². The third kappa shape index (κ3) is 2.81. The van der Waals surface area contributed by atoms with Crippen molar-refractivity contribution in [3.05, 3.63) is 30.1 Å². The zero-order valence-electron chi connectivity index (χ0n) is 15.2. The molecule has 0 amide bonds. The summed E-state index contributed by atoms with van der Waals surface area (Å²) in [7, 11) is 0. The molecular formula is C19H22N4O5. The number of aromatic nitrogens is 2. The van der Waals surface area contributed by atoms with Crippen molar-refractivity contribution < 1.29 is 24.5 Å². The first-order chi connectivity index (χ1) is 13.5. The lowest BCUT2D eigenvalue weighted by molar-refractivity contribution is -0.155. The van der Waals surface area contributed by atoms with Crippen molar-refractivity contribution in [2.24, 2.45) is 5.92 Å². The number of carbonyl (C=O) groups excluding carboxylic acids is 1. The van der Waals surface area contributed by atoms with E-state index < -0.39 is 23.9 Å². The van der Waals surface area contributed by atoms with Crippen LogP contribution in [0.5, 0.6) is 0 Å². The van der Waals surface area contributed by atoms with Gasteiger partial charge < -0.3 is 25.4 Å². The monoisotopic (exact) mass is 386 g/mol. The Balaban J connectivity index is 1.58. The summed E-state index contributed by atoms with van der Waals surface area (Å²) >= 11 is 0. The molecule has 4 rings (SSSR count). The Morgan fingerprint density at radius 1 is 1.39 bits per heavy atom. The van der Waals surface area contributed by atoms with E-state index in [9.17, 15) is 20.3 Å². The van der Waals surface area contributed by atoms with Crippen molar-refractivity contribution >= 4 is 17.2 Å². The molecule has 2 fully saturated rings. The molecule has 4 N–H and O–H groups in total. The first kappa shape index (κ1) is 18.7. The highest BCUT2D eigenvalue weighted by molar-refractivity contribution is 5.72. The largest absolute Gasteiger partial charge is 0.463 e. The molecule has 9 nitrogen and oxygen atoms in total. The van der Waals surface area contributed by atoms with Gasteiger partial charge in [-0.05, 0) is 31.0 Å². The van der Waals surface area contributed by atoms with Gasteiger partial charge in [0.05, 0.1) is 22.8 Å². The van der Waals surface area contributed by atoms with E-state index in [0.717, 1.165) is 25.7 Å². The summed E-state index contributed by atoms with van der Waals surface area (Å²) in [5.41, 5.74) is 5.31. The summed E-state index contributed by atoms with van der Waals surface area (Å²) in [6.45, 7) is -0.240. The maximum Gasteiger partial charge on any atom is 0.309 e. The van der Waals surface area contributed by atoms with Crippen molar-refractivity contribution in [3.63, 3.8) is 0 Å². The third-order valence-electron chi connectivity index (χ3n) is 5.67. The van der Waals surface area contributed by atoms with Gasteiger partial charge in [0.1, 0.15) is 31.0 Å². The van der Waals surface area contributed by atoms with E-state index >= 15 is 0 Å². The molecule has 1 aliphatic heterocycles. The van der Waals surface area contributed by atoms with E-state index in [-0.39, 0.29) is 24.2 Å². The van der Waals surface area contributed by atoms with E-state index in [1.165, 1.54) is 10.7 Å². The SMILES string of the molecule is N#C[C@@]1(c2ccc3c(N)ccnn23)O[C@H](COC(=O)C2CCCC2)[C@@H](O)[C@H]1O. The zero-order chi connectivity index (χ0) is 19.9. The van der Waals surface area contributed by atoms with Crippen molar-refractivity contribution in [1.29, 1.82) is 5.26 Å². The Hall–Kier alpha value is -2.67. The lowest BCUT2D eigenvalue weighted by Gasteiger charge is -2.24. The minimum absolute atomic E-state index is 0.133. The predicted molar refractivity (Wildman–Crippen MR) is 96.7 cm³/mol. The Bertz CT molecular complexity index is 932. The van der Waals surface area contributed by atoms with Gasteiger partial charge in [-0.25, -0.2) is 4.52 Å². The second kappa shape index (κ2) is 7.05.